The molecule has 0 spiro atoms. The van der Waals surface area contributed by atoms with E-state index in [1.807, 2.05) is 24.3 Å². The molecule has 9 aromatic rings. The first-order valence-electron chi connectivity index (χ1n) is 17.4. The minimum Gasteiger partial charge on any atom is -0.247 e. The normalized spacial score (nSPS) is 12.8. The molecule has 10 rings (SSSR count). The molecule has 1 heterocycles. The predicted octanol–water partition coefficient (Wildman–Crippen LogP) is 12.9. The van der Waals surface area contributed by atoms with Gasteiger partial charge in [0.05, 0.1) is 23.2 Å². The smallest absolute Gasteiger partial charge is 0.187 e. The van der Waals surface area contributed by atoms with Crippen LogP contribution in [0.5, 0.6) is 0 Å². The molecule has 1 aliphatic carbocycles. The van der Waals surface area contributed by atoms with Crippen molar-refractivity contribution < 1.29 is 4.39 Å². The first-order valence-corrected chi connectivity index (χ1v) is 17.4. The van der Waals surface area contributed by atoms with Crippen LogP contribution in [-0.4, -0.2) is 4.98 Å². The Hall–Kier alpha value is -6.89. The lowest BCUT2D eigenvalue weighted by Gasteiger charge is -2.34. The maximum Gasteiger partial charge on any atom is 0.187 e. The highest BCUT2D eigenvalue weighted by atomic mass is 19.1. The van der Waals surface area contributed by atoms with Crippen molar-refractivity contribution in [1.29, 1.82) is 0 Å². The van der Waals surface area contributed by atoms with Gasteiger partial charge in [0.15, 0.2) is 5.69 Å². The Balaban J connectivity index is 1.26. The zero-order valence-corrected chi connectivity index (χ0v) is 28.0. The summed E-state index contributed by atoms with van der Waals surface area (Å²) >= 11 is 0. The molecule has 2 nitrogen and oxygen atoms in total. The van der Waals surface area contributed by atoms with Gasteiger partial charge in [0.1, 0.15) is 5.82 Å². The lowest BCUT2D eigenvalue weighted by molar-refractivity contribution is 0.628. The number of rotatable bonds is 4. The molecule has 0 aliphatic heterocycles. The lowest BCUT2D eigenvalue weighted by Crippen LogP contribution is -2.28. The molecule has 0 saturated heterocycles. The second-order valence-corrected chi connectivity index (χ2v) is 13.5. The molecule has 242 valence electrons. The van der Waals surface area contributed by atoms with E-state index >= 15 is 0 Å². The summed E-state index contributed by atoms with van der Waals surface area (Å²) in [5.41, 5.74) is 11.9. The molecule has 0 amide bonds. The van der Waals surface area contributed by atoms with Crippen LogP contribution >= 0.6 is 0 Å². The van der Waals surface area contributed by atoms with E-state index in [0.29, 0.717) is 5.69 Å². The van der Waals surface area contributed by atoms with Crippen molar-refractivity contribution in [3.8, 4) is 33.5 Å². The van der Waals surface area contributed by atoms with Gasteiger partial charge in [0, 0.05) is 21.7 Å². The fraction of sp³-hybridized carbons (Fsp3) is 0.0204. The molecule has 0 N–H and O–H groups in total. The van der Waals surface area contributed by atoms with E-state index in [4.69, 9.17) is 11.6 Å². The Kier molecular flexibility index (Phi) is 6.68. The zero-order chi connectivity index (χ0) is 34.8. The standard InChI is InChI=1S/C49H29FN2/c1-51-36-24-26-40-39-25-21-32(29-44(39)49(45(40)30-36,33-11-4-2-5-12-33)34-13-6-3-7-14-34)37-16-10-17-41-38(37)27-28-43-47(41)42-15-8-9-18-46(42)52-48(43)31-19-22-35(50)23-20-31/h2-30H. The maximum atomic E-state index is 14.0. The average Bonchev–Trinajstić information content (AvgIpc) is 3.50. The van der Waals surface area contributed by atoms with Crippen molar-refractivity contribution >= 4 is 38.1 Å². The number of hydrogen-bond donors (Lipinski definition) is 0. The number of nitrogens with zero attached hydrogens (tertiary/aromatic N) is 2. The first-order chi connectivity index (χ1) is 25.6. The quantitative estimate of drug-likeness (QED) is 0.135. The van der Waals surface area contributed by atoms with E-state index in [1.54, 1.807) is 0 Å². The third kappa shape index (κ3) is 4.31. The van der Waals surface area contributed by atoms with Gasteiger partial charge in [-0.2, -0.15) is 0 Å². The summed E-state index contributed by atoms with van der Waals surface area (Å²) in [5.74, 6) is -0.267. The molecule has 0 saturated carbocycles. The number of halogens is 1. The molecule has 0 unspecified atom stereocenters. The van der Waals surface area contributed by atoms with Gasteiger partial charge in [-0.15, -0.1) is 0 Å². The molecule has 1 aromatic heterocycles. The fourth-order valence-electron chi connectivity index (χ4n) is 8.60. The lowest BCUT2D eigenvalue weighted by atomic mass is 9.67. The summed E-state index contributed by atoms with van der Waals surface area (Å²) < 4.78 is 14.0. The van der Waals surface area contributed by atoms with Crippen LogP contribution in [0.1, 0.15) is 22.3 Å². The van der Waals surface area contributed by atoms with Crippen molar-refractivity contribution in [3.63, 3.8) is 0 Å². The number of aromatic nitrogens is 1. The van der Waals surface area contributed by atoms with E-state index in [2.05, 4.69) is 144 Å². The number of benzene rings is 8. The van der Waals surface area contributed by atoms with Crippen LogP contribution in [-0.2, 0) is 5.41 Å². The molecule has 0 atom stereocenters. The highest BCUT2D eigenvalue weighted by molar-refractivity contribution is 6.24. The second-order valence-electron chi connectivity index (χ2n) is 13.5. The Morgan fingerprint density at radius 1 is 0.481 bits per heavy atom. The van der Waals surface area contributed by atoms with Crippen molar-refractivity contribution in [2.45, 2.75) is 5.41 Å². The summed E-state index contributed by atoms with van der Waals surface area (Å²) in [6.07, 6.45) is 0. The number of fused-ring (bicyclic) bond motifs is 8. The minimum atomic E-state index is -0.618. The number of para-hydroxylation sites is 1. The summed E-state index contributed by atoms with van der Waals surface area (Å²) in [5, 5.41) is 5.53. The van der Waals surface area contributed by atoms with Crippen LogP contribution in [0.25, 0.3) is 70.8 Å². The first kappa shape index (κ1) is 30.0. The van der Waals surface area contributed by atoms with Crippen molar-refractivity contribution in [2.24, 2.45) is 0 Å². The highest BCUT2D eigenvalue weighted by Gasteiger charge is 2.46. The molecule has 0 radical (unpaired) electrons. The van der Waals surface area contributed by atoms with Gasteiger partial charge in [-0.25, -0.2) is 14.2 Å². The molecule has 52 heavy (non-hydrogen) atoms. The summed E-state index contributed by atoms with van der Waals surface area (Å²) in [4.78, 5) is 8.96. The Morgan fingerprint density at radius 2 is 1.10 bits per heavy atom. The fourth-order valence-corrected chi connectivity index (χ4v) is 8.60. The van der Waals surface area contributed by atoms with Gasteiger partial charge in [-0.3, -0.25) is 0 Å². The van der Waals surface area contributed by atoms with Gasteiger partial charge in [0.25, 0.3) is 0 Å². The van der Waals surface area contributed by atoms with Crippen LogP contribution in [0.15, 0.2) is 176 Å². The van der Waals surface area contributed by atoms with Gasteiger partial charge in [-0.05, 0) is 91.7 Å². The molecular formula is C49H29FN2. The van der Waals surface area contributed by atoms with Crippen LogP contribution in [0.2, 0.25) is 0 Å². The van der Waals surface area contributed by atoms with Crippen molar-refractivity contribution in [3.05, 3.63) is 215 Å². The maximum absolute atomic E-state index is 14.0. The Morgan fingerprint density at radius 3 is 1.83 bits per heavy atom. The third-order valence-corrected chi connectivity index (χ3v) is 10.8. The summed E-state index contributed by atoms with van der Waals surface area (Å²) in [6.45, 7) is 7.91. The van der Waals surface area contributed by atoms with Crippen LogP contribution in [0, 0.1) is 12.4 Å². The monoisotopic (exact) mass is 664 g/mol. The molecule has 0 bridgehead atoms. The van der Waals surface area contributed by atoms with Crippen molar-refractivity contribution in [2.75, 3.05) is 0 Å². The Bertz CT molecular complexity index is 2870. The van der Waals surface area contributed by atoms with E-state index in [-0.39, 0.29) is 5.82 Å². The zero-order valence-electron chi connectivity index (χ0n) is 28.0. The van der Waals surface area contributed by atoms with Crippen LogP contribution in [0.4, 0.5) is 10.1 Å². The van der Waals surface area contributed by atoms with Gasteiger partial charge < -0.3 is 0 Å². The largest absolute Gasteiger partial charge is 0.247 e. The molecule has 8 aromatic carbocycles. The molecule has 1 aliphatic rings. The second kappa shape index (κ2) is 11.6. The SMILES string of the molecule is [C-]#[N+]c1ccc2c(c1)C(c1ccccc1)(c1ccccc1)c1cc(-c3cccc4c3ccc3c(-c5ccc(F)cc5)nc5ccccc5c34)ccc1-2. The highest BCUT2D eigenvalue weighted by Crippen LogP contribution is 2.57. The topological polar surface area (TPSA) is 17.2 Å². The number of pyridine rings is 1. The summed E-state index contributed by atoms with van der Waals surface area (Å²) in [7, 11) is 0. The van der Waals surface area contributed by atoms with Crippen LogP contribution in [0.3, 0.4) is 0 Å². The van der Waals surface area contributed by atoms with Gasteiger partial charge in [-0.1, -0.05) is 140 Å². The van der Waals surface area contributed by atoms with Gasteiger partial charge >= 0.3 is 0 Å². The predicted molar refractivity (Wildman–Crippen MR) is 211 cm³/mol. The summed E-state index contributed by atoms with van der Waals surface area (Å²) in [6, 6.07) is 60.3. The van der Waals surface area contributed by atoms with Crippen molar-refractivity contribution in [1.82, 2.24) is 4.98 Å². The number of hydrogen-bond acceptors (Lipinski definition) is 1. The van der Waals surface area contributed by atoms with E-state index in [0.717, 1.165) is 77.1 Å². The van der Waals surface area contributed by atoms with Crippen LogP contribution < -0.4 is 0 Å². The Labute approximate surface area is 300 Å². The average molecular weight is 665 g/mol. The minimum absolute atomic E-state index is 0.267. The van der Waals surface area contributed by atoms with E-state index < -0.39 is 5.41 Å². The van der Waals surface area contributed by atoms with E-state index in [1.165, 1.54) is 23.3 Å². The molecule has 0 fully saturated rings. The van der Waals surface area contributed by atoms with Gasteiger partial charge in [0.2, 0.25) is 0 Å². The third-order valence-electron chi connectivity index (χ3n) is 10.8. The molecule has 3 heteroatoms. The molecular weight excluding hydrogens is 636 g/mol. The van der Waals surface area contributed by atoms with E-state index in [9.17, 15) is 4.39 Å².